The van der Waals surface area contributed by atoms with E-state index in [-0.39, 0.29) is 5.56 Å². The normalized spacial score (nSPS) is 10.4. The third-order valence-electron chi connectivity index (χ3n) is 3.58. The summed E-state index contributed by atoms with van der Waals surface area (Å²) in [4.78, 5) is 23.5. The summed E-state index contributed by atoms with van der Waals surface area (Å²) in [6.07, 6.45) is 0. The van der Waals surface area contributed by atoms with Crippen molar-refractivity contribution in [3.63, 3.8) is 0 Å². The maximum Gasteiger partial charge on any atom is 0.323 e. The van der Waals surface area contributed by atoms with Crippen molar-refractivity contribution in [2.24, 2.45) is 7.05 Å². The molecule has 0 saturated carbocycles. The average molecular weight is 389 g/mol. The zero-order valence-electron chi connectivity index (χ0n) is 13.7. The van der Waals surface area contributed by atoms with Gasteiger partial charge in [-0.2, -0.15) is 5.10 Å². The molecule has 0 radical (unpaired) electrons. The van der Waals surface area contributed by atoms with E-state index >= 15 is 0 Å². The smallest absolute Gasteiger partial charge is 0.308 e. The number of hydrogen-bond donors (Lipinski definition) is 2. The lowest BCUT2D eigenvalue weighted by Crippen LogP contribution is -2.19. The lowest BCUT2D eigenvalue weighted by molar-refractivity contribution is 0.262. The van der Waals surface area contributed by atoms with Gasteiger partial charge in [-0.25, -0.2) is 9.48 Å². The Morgan fingerprint density at radius 1 is 0.923 bits per heavy atom. The fourth-order valence-corrected chi connectivity index (χ4v) is 2.55. The highest BCUT2D eigenvalue weighted by Crippen LogP contribution is 2.25. The molecule has 0 saturated heterocycles. The average Bonchev–Trinajstić information content (AvgIpc) is 2.61. The molecule has 3 aromatic rings. The number of urea groups is 1. The lowest BCUT2D eigenvalue weighted by Gasteiger charge is -2.09. The van der Waals surface area contributed by atoms with E-state index in [4.69, 9.17) is 23.2 Å². The highest BCUT2D eigenvalue weighted by atomic mass is 35.5. The number of halogens is 2. The number of carbonyl (C=O) groups excluding carboxylic acids is 1. The standard InChI is InChI=1S/C18H14Cl2N4O2/c1-24-17(25)9-8-16(23-24)11-2-4-12(5-3-11)21-18(26)22-13-6-7-14(19)15(20)10-13/h2-10H,1H3,(H2,21,22,26). The third-order valence-corrected chi connectivity index (χ3v) is 4.32. The molecule has 0 spiro atoms. The van der Waals surface area contributed by atoms with Crippen LogP contribution in [0.3, 0.4) is 0 Å². The van der Waals surface area contributed by atoms with E-state index in [1.54, 1.807) is 43.4 Å². The molecule has 2 aromatic carbocycles. The summed E-state index contributed by atoms with van der Waals surface area (Å²) in [7, 11) is 1.59. The summed E-state index contributed by atoms with van der Waals surface area (Å²) in [6, 6.07) is 14.6. The first-order valence-electron chi connectivity index (χ1n) is 7.60. The Balaban J connectivity index is 1.68. The van der Waals surface area contributed by atoms with Gasteiger partial charge >= 0.3 is 6.03 Å². The Bertz CT molecular complexity index is 1020. The topological polar surface area (TPSA) is 76.0 Å². The van der Waals surface area contributed by atoms with Crippen LogP contribution in [0.2, 0.25) is 10.0 Å². The molecule has 1 heterocycles. The minimum Gasteiger partial charge on any atom is -0.308 e. The van der Waals surface area contributed by atoms with Gasteiger partial charge in [0.1, 0.15) is 0 Å². The van der Waals surface area contributed by atoms with Crippen molar-refractivity contribution in [3.05, 3.63) is 75.0 Å². The molecule has 0 unspecified atom stereocenters. The van der Waals surface area contributed by atoms with Crippen LogP contribution in [0.25, 0.3) is 11.3 Å². The van der Waals surface area contributed by atoms with Gasteiger partial charge in [-0.1, -0.05) is 35.3 Å². The van der Waals surface area contributed by atoms with Crippen molar-refractivity contribution in [1.29, 1.82) is 0 Å². The van der Waals surface area contributed by atoms with Crippen LogP contribution in [0.1, 0.15) is 0 Å². The van der Waals surface area contributed by atoms with Gasteiger partial charge in [-0.05, 0) is 36.4 Å². The fourth-order valence-electron chi connectivity index (χ4n) is 2.25. The van der Waals surface area contributed by atoms with Gasteiger partial charge in [-0.15, -0.1) is 0 Å². The summed E-state index contributed by atoms with van der Waals surface area (Å²) in [5.74, 6) is 0. The maximum atomic E-state index is 12.1. The molecular formula is C18H14Cl2N4O2. The van der Waals surface area contributed by atoms with Gasteiger partial charge in [0.25, 0.3) is 5.56 Å². The summed E-state index contributed by atoms with van der Waals surface area (Å²) in [5.41, 5.74) is 2.46. The fraction of sp³-hybridized carbons (Fsp3) is 0.0556. The lowest BCUT2D eigenvalue weighted by atomic mass is 10.1. The van der Waals surface area contributed by atoms with Crippen molar-refractivity contribution in [2.75, 3.05) is 10.6 Å². The number of hydrogen-bond acceptors (Lipinski definition) is 3. The van der Waals surface area contributed by atoms with Crippen LogP contribution in [0, 0.1) is 0 Å². The molecule has 1 aromatic heterocycles. The van der Waals surface area contributed by atoms with Gasteiger partial charge in [0, 0.05) is 30.1 Å². The molecule has 2 amide bonds. The van der Waals surface area contributed by atoms with Crippen LogP contribution in [-0.4, -0.2) is 15.8 Å². The second-order valence-corrected chi connectivity index (χ2v) is 6.28. The number of amides is 2. The van der Waals surface area contributed by atoms with E-state index in [0.29, 0.717) is 27.1 Å². The van der Waals surface area contributed by atoms with Crippen molar-refractivity contribution in [1.82, 2.24) is 9.78 Å². The number of nitrogens with zero attached hydrogens (tertiary/aromatic N) is 2. The van der Waals surface area contributed by atoms with Crippen molar-refractivity contribution in [2.45, 2.75) is 0 Å². The molecule has 26 heavy (non-hydrogen) atoms. The second-order valence-electron chi connectivity index (χ2n) is 5.47. The first-order valence-corrected chi connectivity index (χ1v) is 8.36. The molecule has 132 valence electrons. The molecule has 0 fully saturated rings. The Hall–Kier alpha value is -2.83. The summed E-state index contributed by atoms with van der Waals surface area (Å²) in [5, 5.41) is 10.4. The molecule has 8 heteroatoms. The van der Waals surface area contributed by atoms with E-state index in [1.807, 2.05) is 12.1 Å². The minimum atomic E-state index is -0.406. The van der Waals surface area contributed by atoms with Gasteiger partial charge in [-0.3, -0.25) is 4.79 Å². The van der Waals surface area contributed by atoms with Crippen molar-refractivity contribution in [3.8, 4) is 11.3 Å². The van der Waals surface area contributed by atoms with Crippen LogP contribution in [0.4, 0.5) is 16.2 Å². The van der Waals surface area contributed by atoms with Gasteiger partial charge in [0.15, 0.2) is 0 Å². The first-order chi connectivity index (χ1) is 12.4. The molecule has 2 N–H and O–H groups in total. The Labute approximate surface area is 159 Å². The SMILES string of the molecule is Cn1nc(-c2ccc(NC(=O)Nc3ccc(Cl)c(Cl)c3)cc2)ccc1=O. The van der Waals surface area contributed by atoms with E-state index in [9.17, 15) is 9.59 Å². The Morgan fingerprint density at radius 3 is 2.23 bits per heavy atom. The predicted octanol–water partition coefficient (Wildman–Crippen LogP) is 4.40. The molecule has 3 rings (SSSR count). The summed E-state index contributed by atoms with van der Waals surface area (Å²) >= 11 is 11.8. The molecular weight excluding hydrogens is 375 g/mol. The highest BCUT2D eigenvalue weighted by Gasteiger charge is 2.06. The molecule has 6 nitrogen and oxygen atoms in total. The number of aromatic nitrogens is 2. The first kappa shape index (κ1) is 18.0. The Morgan fingerprint density at radius 2 is 1.58 bits per heavy atom. The van der Waals surface area contributed by atoms with Gasteiger partial charge < -0.3 is 10.6 Å². The van der Waals surface area contributed by atoms with E-state index in [1.165, 1.54) is 10.7 Å². The monoisotopic (exact) mass is 388 g/mol. The van der Waals surface area contributed by atoms with Crippen molar-refractivity contribution < 1.29 is 4.79 Å². The number of benzene rings is 2. The molecule has 0 aliphatic carbocycles. The number of carbonyl (C=O) groups is 1. The van der Waals surface area contributed by atoms with E-state index < -0.39 is 6.03 Å². The number of aryl methyl sites for hydroxylation is 1. The molecule has 0 bridgehead atoms. The third kappa shape index (κ3) is 4.22. The second kappa shape index (κ2) is 7.59. The number of nitrogens with one attached hydrogen (secondary N) is 2. The Kier molecular flexibility index (Phi) is 5.25. The zero-order chi connectivity index (χ0) is 18.7. The molecule has 0 atom stereocenters. The minimum absolute atomic E-state index is 0.175. The molecule has 0 aliphatic rings. The van der Waals surface area contributed by atoms with E-state index in [0.717, 1.165) is 5.56 Å². The quantitative estimate of drug-likeness (QED) is 0.697. The molecule has 0 aliphatic heterocycles. The van der Waals surface area contributed by atoms with Crippen LogP contribution in [0.5, 0.6) is 0 Å². The van der Waals surface area contributed by atoms with Crippen molar-refractivity contribution >= 4 is 40.6 Å². The maximum absolute atomic E-state index is 12.1. The van der Waals surface area contributed by atoms with Crippen LogP contribution in [-0.2, 0) is 7.05 Å². The number of rotatable bonds is 3. The summed E-state index contributed by atoms with van der Waals surface area (Å²) in [6.45, 7) is 0. The summed E-state index contributed by atoms with van der Waals surface area (Å²) < 4.78 is 1.27. The van der Waals surface area contributed by atoms with Crippen LogP contribution >= 0.6 is 23.2 Å². The van der Waals surface area contributed by atoms with Crippen LogP contribution < -0.4 is 16.2 Å². The largest absolute Gasteiger partial charge is 0.323 e. The van der Waals surface area contributed by atoms with Gasteiger partial charge in [0.2, 0.25) is 0 Å². The van der Waals surface area contributed by atoms with Gasteiger partial charge in [0.05, 0.1) is 15.7 Å². The number of anilines is 2. The zero-order valence-corrected chi connectivity index (χ0v) is 15.2. The van der Waals surface area contributed by atoms with Crippen LogP contribution in [0.15, 0.2) is 59.4 Å². The predicted molar refractivity (Wildman–Crippen MR) is 104 cm³/mol. The highest BCUT2D eigenvalue weighted by molar-refractivity contribution is 6.42. The van der Waals surface area contributed by atoms with E-state index in [2.05, 4.69) is 15.7 Å².